The van der Waals surface area contributed by atoms with E-state index >= 15 is 0 Å². The molecule has 2 N–H and O–H groups in total. The molecule has 1 aromatic rings. The fourth-order valence-corrected chi connectivity index (χ4v) is 3.00. The highest BCUT2D eigenvalue weighted by atomic mass is 32.1. The van der Waals surface area contributed by atoms with Crippen molar-refractivity contribution in [2.75, 3.05) is 0 Å². The monoisotopic (exact) mass is 279 g/mol. The molecule has 0 aromatic carbocycles. The maximum Gasteiger partial charge on any atom is 0.328 e. The first-order valence-corrected chi connectivity index (χ1v) is 7.20. The van der Waals surface area contributed by atoms with Gasteiger partial charge in [-0.25, -0.2) is 4.79 Å². The van der Waals surface area contributed by atoms with Gasteiger partial charge in [0.2, 0.25) is 0 Å². The van der Waals surface area contributed by atoms with Gasteiger partial charge in [-0.3, -0.25) is 4.79 Å². The van der Waals surface area contributed by atoms with Crippen LogP contribution in [0.5, 0.6) is 0 Å². The predicted octanol–water partition coefficient (Wildman–Crippen LogP) is 2.91. The highest BCUT2D eigenvalue weighted by molar-refractivity contribution is 7.14. The molecule has 0 bridgehead atoms. The number of hydrogen-bond donors (Lipinski definition) is 2. The van der Waals surface area contributed by atoms with Gasteiger partial charge in [0.25, 0.3) is 5.91 Å². The number of carbonyl (C=O) groups is 2. The van der Waals surface area contributed by atoms with Crippen molar-refractivity contribution in [2.24, 2.45) is 0 Å². The first-order valence-electron chi connectivity index (χ1n) is 6.38. The third kappa shape index (κ3) is 3.23. The zero-order valence-electron chi connectivity index (χ0n) is 10.8. The SMILES string of the molecule is CCC1(NC(=O)c2ccc(/C=C/C(=O)O)s2)CCC1. The molecule has 102 valence electrons. The molecular weight excluding hydrogens is 262 g/mol. The quantitative estimate of drug-likeness (QED) is 0.814. The second-order valence-corrected chi connectivity index (χ2v) is 5.93. The maximum atomic E-state index is 12.1. The van der Waals surface area contributed by atoms with Crippen LogP contribution in [-0.2, 0) is 4.79 Å². The van der Waals surface area contributed by atoms with Crippen LogP contribution >= 0.6 is 11.3 Å². The predicted molar refractivity (Wildman–Crippen MR) is 75.3 cm³/mol. The molecule has 0 atom stereocenters. The van der Waals surface area contributed by atoms with E-state index in [1.807, 2.05) is 0 Å². The molecule has 1 saturated carbocycles. The number of nitrogens with one attached hydrogen (secondary N) is 1. The summed E-state index contributed by atoms with van der Waals surface area (Å²) < 4.78 is 0. The van der Waals surface area contributed by atoms with Crippen molar-refractivity contribution in [3.8, 4) is 0 Å². The van der Waals surface area contributed by atoms with Crippen molar-refractivity contribution in [3.05, 3.63) is 28.0 Å². The summed E-state index contributed by atoms with van der Waals surface area (Å²) >= 11 is 1.31. The number of hydrogen-bond acceptors (Lipinski definition) is 3. The van der Waals surface area contributed by atoms with Gasteiger partial charge in [0.1, 0.15) is 0 Å². The molecule has 2 rings (SSSR count). The average Bonchev–Trinajstić information content (AvgIpc) is 2.80. The molecule has 19 heavy (non-hydrogen) atoms. The van der Waals surface area contributed by atoms with E-state index in [1.54, 1.807) is 12.1 Å². The summed E-state index contributed by atoms with van der Waals surface area (Å²) in [7, 11) is 0. The highest BCUT2D eigenvalue weighted by Gasteiger charge is 2.36. The van der Waals surface area contributed by atoms with Crippen molar-refractivity contribution in [1.29, 1.82) is 0 Å². The number of amides is 1. The van der Waals surface area contributed by atoms with E-state index in [9.17, 15) is 9.59 Å². The fraction of sp³-hybridized carbons (Fsp3) is 0.429. The fourth-order valence-electron chi connectivity index (χ4n) is 2.19. The van der Waals surface area contributed by atoms with Gasteiger partial charge in [0.05, 0.1) is 4.88 Å². The standard InChI is InChI=1S/C14H17NO3S/c1-2-14(8-3-9-14)15-13(18)11-6-4-10(19-11)5-7-12(16)17/h4-7H,2-3,8-9H2,1H3,(H,15,18)(H,16,17)/b7-5+. The number of carboxylic acids is 1. The number of aliphatic carboxylic acids is 1. The largest absolute Gasteiger partial charge is 0.478 e. The zero-order chi connectivity index (χ0) is 13.9. The molecule has 0 aliphatic heterocycles. The Kier molecular flexibility index (Phi) is 4.04. The highest BCUT2D eigenvalue weighted by Crippen LogP contribution is 2.35. The van der Waals surface area contributed by atoms with E-state index in [2.05, 4.69) is 12.2 Å². The molecule has 1 heterocycles. The van der Waals surface area contributed by atoms with Gasteiger partial charge < -0.3 is 10.4 Å². The first kappa shape index (κ1) is 13.8. The first-order chi connectivity index (χ1) is 9.04. The van der Waals surface area contributed by atoms with Crippen LogP contribution in [0.25, 0.3) is 6.08 Å². The van der Waals surface area contributed by atoms with Gasteiger partial charge in [-0.05, 0) is 43.9 Å². The van der Waals surface area contributed by atoms with E-state index in [1.165, 1.54) is 23.8 Å². The Morgan fingerprint density at radius 2 is 2.21 bits per heavy atom. The minimum absolute atomic E-state index is 0.0157. The minimum Gasteiger partial charge on any atom is -0.478 e. The topological polar surface area (TPSA) is 66.4 Å². The second kappa shape index (κ2) is 5.57. The molecule has 5 heteroatoms. The molecule has 0 spiro atoms. The van der Waals surface area contributed by atoms with E-state index in [-0.39, 0.29) is 11.4 Å². The zero-order valence-corrected chi connectivity index (χ0v) is 11.6. The summed E-state index contributed by atoms with van der Waals surface area (Å²) in [4.78, 5) is 23.9. The molecule has 1 amide bonds. The van der Waals surface area contributed by atoms with Crippen molar-refractivity contribution in [3.63, 3.8) is 0 Å². The lowest BCUT2D eigenvalue weighted by atomic mass is 9.75. The molecule has 4 nitrogen and oxygen atoms in total. The Bertz CT molecular complexity index is 509. The lowest BCUT2D eigenvalue weighted by Gasteiger charge is -2.41. The average molecular weight is 279 g/mol. The lowest BCUT2D eigenvalue weighted by molar-refractivity contribution is -0.131. The van der Waals surface area contributed by atoms with Crippen LogP contribution < -0.4 is 5.32 Å². The van der Waals surface area contributed by atoms with Crippen LogP contribution in [0.4, 0.5) is 0 Å². The maximum absolute atomic E-state index is 12.1. The van der Waals surface area contributed by atoms with Crippen LogP contribution in [0.15, 0.2) is 18.2 Å². The van der Waals surface area contributed by atoms with Gasteiger partial charge in [0, 0.05) is 16.5 Å². The van der Waals surface area contributed by atoms with Gasteiger partial charge in [-0.2, -0.15) is 0 Å². The summed E-state index contributed by atoms with van der Waals surface area (Å²) in [5, 5.41) is 11.7. The Morgan fingerprint density at radius 1 is 1.47 bits per heavy atom. The van der Waals surface area contributed by atoms with E-state index < -0.39 is 5.97 Å². The summed E-state index contributed by atoms with van der Waals surface area (Å²) in [5.41, 5.74) is -0.0157. The third-order valence-electron chi connectivity index (χ3n) is 3.61. The third-order valence-corrected chi connectivity index (χ3v) is 4.66. The minimum atomic E-state index is -0.987. The number of rotatable bonds is 5. The molecule has 0 unspecified atom stereocenters. The molecule has 1 fully saturated rings. The van der Waals surface area contributed by atoms with Gasteiger partial charge in [-0.1, -0.05) is 6.92 Å². The Labute approximate surface area is 116 Å². The van der Waals surface area contributed by atoms with E-state index in [0.717, 1.165) is 30.2 Å². The van der Waals surface area contributed by atoms with Crippen molar-refractivity contribution in [2.45, 2.75) is 38.1 Å². The van der Waals surface area contributed by atoms with Crippen molar-refractivity contribution < 1.29 is 14.7 Å². The summed E-state index contributed by atoms with van der Waals surface area (Å²) in [6.07, 6.45) is 6.80. The Hall–Kier alpha value is -1.62. The normalized spacial score (nSPS) is 17.1. The second-order valence-electron chi connectivity index (χ2n) is 4.82. The molecule has 0 saturated heterocycles. The van der Waals surface area contributed by atoms with Crippen LogP contribution in [-0.4, -0.2) is 22.5 Å². The van der Waals surface area contributed by atoms with Crippen molar-refractivity contribution in [1.82, 2.24) is 5.32 Å². The smallest absolute Gasteiger partial charge is 0.328 e. The number of thiophene rings is 1. The Morgan fingerprint density at radius 3 is 2.74 bits per heavy atom. The molecule has 0 radical (unpaired) electrons. The van der Waals surface area contributed by atoms with Gasteiger partial charge >= 0.3 is 5.97 Å². The number of carboxylic acid groups (broad SMARTS) is 1. The molecule has 1 aromatic heterocycles. The molecule has 1 aliphatic rings. The van der Waals surface area contributed by atoms with Crippen LogP contribution in [0.3, 0.4) is 0 Å². The van der Waals surface area contributed by atoms with Gasteiger partial charge in [-0.15, -0.1) is 11.3 Å². The summed E-state index contributed by atoms with van der Waals surface area (Å²) in [5.74, 6) is -1.04. The molecular formula is C14H17NO3S. The Balaban J connectivity index is 2.02. The number of carbonyl (C=O) groups excluding carboxylic acids is 1. The van der Waals surface area contributed by atoms with E-state index in [0.29, 0.717) is 4.88 Å². The van der Waals surface area contributed by atoms with Gasteiger partial charge in [0.15, 0.2) is 0 Å². The van der Waals surface area contributed by atoms with Crippen LogP contribution in [0, 0.1) is 0 Å². The van der Waals surface area contributed by atoms with Crippen LogP contribution in [0.1, 0.15) is 47.2 Å². The summed E-state index contributed by atoms with van der Waals surface area (Å²) in [6.45, 7) is 2.09. The van der Waals surface area contributed by atoms with Crippen molar-refractivity contribution >= 4 is 29.3 Å². The van der Waals surface area contributed by atoms with Crippen LogP contribution in [0.2, 0.25) is 0 Å². The molecule has 1 aliphatic carbocycles. The van der Waals surface area contributed by atoms with E-state index in [4.69, 9.17) is 5.11 Å². The lowest BCUT2D eigenvalue weighted by Crippen LogP contribution is -2.52. The summed E-state index contributed by atoms with van der Waals surface area (Å²) in [6, 6.07) is 3.50.